The van der Waals surface area contributed by atoms with Gasteiger partial charge in [-0.1, -0.05) is 36.4 Å². The molecule has 3 rings (SSSR count). The van der Waals surface area contributed by atoms with Crippen LogP contribution in [0.5, 0.6) is 0 Å². The predicted octanol–water partition coefficient (Wildman–Crippen LogP) is 4.54. The molecule has 2 N–H and O–H groups in total. The van der Waals surface area contributed by atoms with Gasteiger partial charge in [-0.3, -0.25) is 9.59 Å². The molecular formula is C21H22N2O2. The highest BCUT2D eigenvalue weighted by atomic mass is 16.2. The smallest absolute Gasteiger partial charge is 0.257 e. The van der Waals surface area contributed by atoms with Crippen molar-refractivity contribution in [2.45, 2.75) is 26.2 Å². The minimum absolute atomic E-state index is 0.0276. The molecule has 4 heteroatoms. The lowest BCUT2D eigenvalue weighted by Crippen LogP contribution is -2.25. The Morgan fingerprint density at radius 2 is 1.84 bits per heavy atom. The molecule has 2 amide bonds. The number of carbonyl (C=O) groups excluding carboxylic acids is 2. The van der Waals surface area contributed by atoms with Gasteiger partial charge in [-0.15, -0.1) is 0 Å². The van der Waals surface area contributed by atoms with Crippen molar-refractivity contribution in [2.75, 3.05) is 10.6 Å². The topological polar surface area (TPSA) is 58.2 Å². The summed E-state index contributed by atoms with van der Waals surface area (Å²) >= 11 is 0. The number of nitrogens with one attached hydrogen (secondary N) is 2. The summed E-state index contributed by atoms with van der Waals surface area (Å²) in [5.41, 5.74) is 2.82. The third kappa shape index (κ3) is 4.35. The van der Waals surface area contributed by atoms with Crippen molar-refractivity contribution in [3.8, 4) is 0 Å². The van der Waals surface area contributed by atoms with Crippen LogP contribution in [0.2, 0.25) is 0 Å². The van der Waals surface area contributed by atoms with E-state index in [4.69, 9.17) is 0 Å². The molecule has 0 aliphatic heterocycles. The molecule has 1 unspecified atom stereocenters. The normalized spacial score (nSPS) is 16.3. The first-order valence-corrected chi connectivity index (χ1v) is 8.56. The maximum absolute atomic E-state index is 12.6. The molecule has 2 aromatic rings. The Morgan fingerprint density at radius 3 is 2.60 bits per heavy atom. The fourth-order valence-corrected chi connectivity index (χ4v) is 2.98. The number of amides is 2. The third-order valence-corrected chi connectivity index (χ3v) is 4.35. The lowest BCUT2D eigenvalue weighted by Gasteiger charge is -2.18. The summed E-state index contributed by atoms with van der Waals surface area (Å²) in [5.74, 6) is -0.289. The average Bonchev–Trinajstić information content (AvgIpc) is 2.63. The Balaban J connectivity index is 1.74. The molecule has 25 heavy (non-hydrogen) atoms. The summed E-state index contributed by atoms with van der Waals surface area (Å²) in [6.45, 7) is 1.97. The highest BCUT2D eigenvalue weighted by Gasteiger charge is 2.20. The summed E-state index contributed by atoms with van der Waals surface area (Å²) < 4.78 is 0. The number of benzene rings is 2. The van der Waals surface area contributed by atoms with E-state index in [1.54, 1.807) is 18.2 Å². The third-order valence-electron chi connectivity index (χ3n) is 4.35. The second kappa shape index (κ2) is 7.79. The van der Waals surface area contributed by atoms with Crippen LogP contribution < -0.4 is 10.6 Å². The zero-order valence-corrected chi connectivity index (χ0v) is 14.3. The molecular weight excluding hydrogens is 312 g/mol. The Bertz CT molecular complexity index is 811. The minimum Gasteiger partial charge on any atom is -0.325 e. The van der Waals surface area contributed by atoms with E-state index in [0.29, 0.717) is 11.3 Å². The van der Waals surface area contributed by atoms with Gasteiger partial charge in [0.15, 0.2) is 0 Å². The van der Waals surface area contributed by atoms with Gasteiger partial charge in [0.2, 0.25) is 5.91 Å². The molecule has 0 spiro atoms. The summed E-state index contributed by atoms with van der Waals surface area (Å²) in [5, 5.41) is 5.82. The van der Waals surface area contributed by atoms with Gasteiger partial charge in [0.05, 0.1) is 11.3 Å². The van der Waals surface area contributed by atoms with Gasteiger partial charge in [0, 0.05) is 11.6 Å². The lowest BCUT2D eigenvalue weighted by atomic mass is 9.93. The quantitative estimate of drug-likeness (QED) is 0.806. The molecule has 0 bridgehead atoms. The van der Waals surface area contributed by atoms with Crippen LogP contribution in [0.3, 0.4) is 0 Å². The predicted molar refractivity (Wildman–Crippen MR) is 101 cm³/mol. The van der Waals surface area contributed by atoms with Gasteiger partial charge in [0.25, 0.3) is 5.91 Å². The zero-order valence-electron chi connectivity index (χ0n) is 14.3. The molecule has 0 radical (unpaired) electrons. The molecule has 0 fully saturated rings. The lowest BCUT2D eigenvalue weighted by molar-refractivity contribution is -0.120. The fourth-order valence-electron chi connectivity index (χ4n) is 2.98. The van der Waals surface area contributed by atoms with Gasteiger partial charge in [-0.05, 0) is 56.0 Å². The zero-order chi connectivity index (χ0) is 17.6. The maximum Gasteiger partial charge on any atom is 0.257 e. The van der Waals surface area contributed by atoms with Crippen molar-refractivity contribution in [3.63, 3.8) is 0 Å². The van der Waals surface area contributed by atoms with Gasteiger partial charge < -0.3 is 10.6 Å². The van der Waals surface area contributed by atoms with Crippen LogP contribution in [0.25, 0.3) is 0 Å². The van der Waals surface area contributed by atoms with E-state index in [0.717, 1.165) is 30.5 Å². The molecule has 0 heterocycles. The van der Waals surface area contributed by atoms with Gasteiger partial charge in [-0.2, -0.15) is 0 Å². The molecule has 2 aromatic carbocycles. The van der Waals surface area contributed by atoms with E-state index in [9.17, 15) is 9.59 Å². The molecule has 128 valence electrons. The monoisotopic (exact) mass is 334 g/mol. The Hall–Kier alpha value is -2.88. The number of hydrogen-bond donors (Lipinski definition) is 2. The number of anilines is 2. The minimum atomic E-state index is -0.231. The van der Waals surface area contributed by atoms with Crippen molar-refractivity contribution < 1.29 is 9.59 Å². The number of aryl methyl sites for hydroxylation is 1. The first-order chi connectivity index (χ1) is 12.1. The molecule has 1 aliphatic rings. The maximum atomic E-state index is 12.6. The Labute approximate surface area is 148 Å². The van der Waals surface area contributed by atoms with Crippen molar-refractivity contribution in [1.82, 2.24) is 0 Å². The van der Waals surface area contributed by atoms with Crippen molar-refractivity contribution in [2.24, 2.45) is 5.92 Å². The standard InChI is InChI=1S/C21H22N2O2/c1-15-8-7-11-17(14-15)22-21(25)18-12-5-6-13-19(18)23-20(24)16-9-3-2-4-10-16/h2-3,5-8,11-14,16H,4,9-10H2,1H3,(H,22,25)(H,23,24). The van der Waals surface area contributed by atoms with E-state index < -0.39 is 0 Å². The van der Waals surface area contributed by atoms with Crippen molar-refractivity contribution in [1.29, 1.82) is 0 Å². The Kier molecular flexibility index (Phi) is 5.29. The molecule has 0 saturated heterocycles. The number of hydrogen-bond acceptors (Lipinski definition) is 2. The van der Waals surface area contributed by atoms with E-state index in [-0.39, 0.29) is 17.7 Å². The number of allylic oxidation sites excluding steroid dienone is 2. The van der Waals surface area contributed by atoms with Crippen LogP contribution in [0.1, 0.15) is 35.2 Å². The molecule has 0 aromatic heterocycles. The van der Waals surface area contributed by atoms with Gasteiger partial charge in [-0.25, -0.2) is 0 Å². The van der Waals surface area contributed by atoms with Crippen LogP contribution in [-0.4, -0.2) is 11.8 Å². The van der Waals surface area contributed by atoms with E-state index in [2.05, 4.69) is 16.7 Å². The van der Waals surface area contributed by atoms with Gasteiger partial charge >= 0.3 is 0 Å². The Morgan fingerprint density at radius 1 is 1.00 bits per heavy atom. The first-order valence-electron chi connectivity index (χ1n) is 8.56. The number of para-hydroxylation sites is 1. The van der Waals surface area contributed by atoms with E-state index in [1.807, 2.05) is 43.3 Å². The van der Waals surface area contributed by atoms with Crippen LogP contribution in [0, 0.1) is 12.8 Å². The number of carbonyl (C=O) groups is 2. The SMILES string of the molecule is Cc1cccc(NC(=O)c2ccccc2NC(=O)C2CC=CCC2)c1. The van der Waals surface area contributed by atoms with Crippen LogP contribution in [0.4, 0.5) is 11.4 Å². The summed E-state index contributed by atoms with van der Waals surface area (Å²) in [4.78, 5) is 25.1. The summed E-state index contributed by atoms with van der Waals surface area (Å²) in [7, 11) is 0. The highest BCUT2D eigenvalue weighted by Crippen LogP contribution is 2.23. The molecule has 1 aliphatic carbocycles. The summed E-state index contributed by atoms with van der Waals surface area (Å²) in [6, 6.07) is 14.7. The van der Waals surface area contributed by atoms with Crippen molar-refractivity contribution >= 4 is 23.2 Å². The van der Waals surface area contributed by atoms with Crippen LogP contribution in [-0.2, 0) is 4.79 Å². The van der Waals surface area contributed by atoms with Gasteiger partial charge in [0.1, 0.15) is 0 Å². The second-order valence-corrected chi connectivity index (χ2v) is 6.34. The van der Waals surface area contributed by atoms with Crippen LogP contribution in [0.15, 0.2) is 60.7 Å². The average molecular weight is 334 g/mol. The van der Waals surface area contributed by atoms with Crippen LogP contribution >= 0.6 is 0 Å². The van der Waals surface area contributed by atoms with E-state index in [1.165, 1.54) is 0 Å². The molecule has 1 atom stereocenters. The van der Waals surface area contributed by atoms with E-state index >= 15 is 0 Å². The summed E-state index contributed by atoms with van der Waals surface area (Å²) in [6.07, 6.45) is 6.67. The second-order valence-electron chi connectivity index (χ2n) is 6.34. The first kappa shape index (κ1) is 17.0. The van der Waals surface area contributed by atoms with Crippen molar-refractivity contribution in [3.05, 3.63) is 71.8 Å². The fraction of sp³-hybridized carbons (Fsp3) is 0.238. The molecule has 4 nitrogen and oxygen atoms in total. The largest absolute Gasteiger partial charge is 0.325 e. The molecule has 0 saturated carbocycles. The number of rotatable bonds is 4. The highest BCUT2D eigenvalue weighted by molar-refractivity contribution is 6.10.